The maximum atomic E-state index is 5.17. The van der Waals surface area contributed by atoms with Crippen molar-refractivity contribution < 1.29 is 0 Å². The minimum absolute atomic E-state index is 0.663. The van der Waals surface area contributed by atoms with Crippen molar-refractivity contribution in [2.24, 2.45) is 0 Å². The summed E-state index contributed by atoms with van der Waals surface area (Å²) < 4.78 is 0. The van der Waals surface area contributed by atoms with E-state index in [0.29, 0.717) is 5.95 Å². The van der Waals surface area contributed by atoms with Gasteiger partial charge in [-0.15, -0.1) is 12.3 Å². The highest BCUT2D eigenvalue weighted by Crippen LogP contribution is 2.11. The number of rotatable bonds is 4. The monoisotopic (exact) mass is 211 g/mol. The van der Waals surface area contributed by atoms with Crippen LogP contribution in [0.2, 0.25) is 0 Å². The SMILES string of the molecule is C#CCCCNc1ncc2ccccc2n1. The second kappa shape index (κ2) is 5.13. The van der Waals surface area contributed by atoms with Crippen molar-refractivity contribution in [3.63, 3.8) is 0 Å². The highest BCUT2D eigenvalue weighted by Gasteiger charge is 1.97. The van der Waals surface area contributed by atoms with Crippen molar-refractivity contribution in [1.29, 1.82) is 0 Å². The highest BCUT2D eigenvalue weighted by atomic mass is 15.1. The molecule has 0 amide bonds. The molecule has 3 nitrogen and oxygen atoms in total. The molecule has 0 fully saturated rings. The molecular weight excluding hydrogens is 198 g/mol. The predicted molar refractivity (Wildman–Crippen MR) is 66.1 cm³/mol. The van der Waals surface area contributed by atoms with Crippen LogP contribution in [0.3, 0.4) is 0 Å². The Morgan fingerprint density at radius 2 is 2.19 bits per heavy atom. The van der Waals surface area contributed by atoms with E-state index in [2.05, 4.69) is 21.2 Å². The first-order valence-corrected chi connectivity index (χ1v) is 5.29. The van der Waals surface area contributed by atoms with Crippen LogP contribution in [0.4, 0.5) is 5.95 Å². The molecule has 2 rings (SSSR count). The molecule has 1 aromatic carbocycles. The van der Waals surface area contributed by atoms with Gasteiger partial charge in [-0.1, -0.05) is 18.2 Å². The molecule has 0 aliphatic carbocycles. The van der Waals surface area contributed by atoms with Crippen LogP contribution in [0.25, 0.3) is 10.9 Å². The van der Waals surface area contributed by atoms with Gasteiger partial charge in [0, 0.05) is 24.5 Å². The van der Waals surface area contributed by atoms with Crippen molar-refractivity contribution in [2.45, 2.75) is 12.8 Å². The zero-order valence-electron chi connectivity index (χ0n) is 8.98. The second-order valence-electron chi connectivity index (χ2n) is 3.49. The smallest absolute Gasteiger partial charge is 0.223 e. The molecular formula is C13H13N3. The lowest BCUT2D eigenvalue weighted by Gasteiger charge is -2.03. The van der Waals surface area contributed by atoms with Crippen LogP contribution < -0.4 is 5.32 Å². The van der Waals surface area contributed by atoms with Crippen molar-refractivity contribution in [3.8, 4) is 12.3 Å². The summed E-state index contributed by atoms with van der Waals surface area (Å²) in [6.45, 7) is 0.808. The van der Waals surface area contributed by atoms with Gasteiger partial charge in [-0.3, -0.25) is 0 Å². The molecule has 1 N–H and O–H groups in total. The fourth-order valence-electron chi connectivity index (χ4n) is 1.45. The van der Waals surface area contributed by atoms with E-state index in [0.717, 1.165) is 30.3 Å². The fraction of sp³-hybridized carbons (Fsp3) is 0.231. The Bertz CT molecular complexity index is 514. The molecule has 1 aromatic heterocycles. The van der Waals surface area contributed by atoms with Gasteiger partial charge in [0.05, 0.1) is 5.52 Å². The molecule has 0 radical (unpaired) electrons. The molecule has 0 spiro atoms. The third-order valence-corrected chi connectivity index (χ3v) is 2.27. The summed E-state index contributed by atoms with van der Waals surface area (Å²) in [5, 5.41) is 4.21. The topological polar surface area (TPSA) is 37.8 Å². The first-order chi connectivity index (χ1) is 7.90. The maximum absolute atomic E-state index is 5.17. The van der Waals surface area contributed by atoms with Crippen LogP contribution in [0, 0.1) is 12.3 Å². The molecule has 3 heteroatoms. The average molecular weight is 211 g/mol. The Balaban J connectivity index is 2.05. The Labute approximate surface area is 94.9 Å². The number of nitrogens with one attached hydrogen (secondary N) is 1. The number of aromatic nitrogens is 2. The number of hydrogen-bond donors (Lipinski definition) is 1. The van der Waals surface area contributed by atoms with Gasteiger partial charge in [0.15, 0.2) is 0 Å². The van der Waals surface area contributed by atoms with E-state index in [1.807, 2.05) is 30.5 Å². The van der Waals surface area contributed by atoms with E-state index in [9.17, 15) is 0 Å². The zero-order chi connectivity index (χ0) is 11.2. The number of para-hydroxylation sites is 1. The molecule has 0 bridgehead atoms. The van der Waals surface area contributed by atoms with Gasteiger partial charge < -0.3 is 5.32 Å². The summed E-state index contributed by atoms with van der Waals surface area (Å²) in [6.07, 6.45) is 8.71. The summed E-state index contributed by atoms with van der Waals surface area (Å²) in [4.78, 5) is 8.63. The van der Waals surface area contributed by atoms with Crippen molar-refractivity contribution in [2.75, 3.05) is 11.9 Å². The molecule has 16 heavy (non-hydrogen) atoms. The zero-order valence-corrected chi connectivity index (χ0v) is 8.98. The minimum atomic E-state index is 0.663. The van der Waals surface area contributed by atoms with E-state index in [1.54, 1.807) is 0 Å². The molecule has 0 aliphatic rings. The van der Waals surface area contributed by atoms with Gasteiger partial charge in [0.1, 0.15) is 0 Å². The number of anilines is 1. The number of unbranched alkanes of at least 4 members (excludes halogenated alkanes) is 1. The summed E-state index contributed by atoms with van der Waals surface area (Å²) in [6, 6.07) is 7.92. The van der Waals surface area contributed by atoms with Gasteiger partial charge in [-0.25, -0.2) is 9.97 Å². The van der Waals surface area contributed by atoms with Crippen LogP contribution in [0.5, 0.6) is 0 Å². The largest absolute Gasteiger partial charge is 0.354 e. The summed E-state index contributed by atoms with van der Waals surface area (Å²) in [7, 11) is 0. The van der Waals surface area contributed by atoms with Crippen LogP contribution in [-0.2, 0) is 0 Å². The number of terminal acetylenes is 1. The van der Waals surface area contributed by atoms with Gasteiger partial charge >= 0.3 is 0 Å². The number of hydrogen-bond acceptors (Lipinski definition) is 3. The van der Waals surface area contributed by atoms with Crippen molar-refractivity contribution in [3.05, 3.63) is 30.5 Å². The predicted octanol–water partition coefficient (Wildman–Crippen LogP) is 2.46. The van der Waals surface area contributed by atoms with Crippen LogP contribution in [0.1, 0.15) is 12.8 Å². The molecule has 0 aliphatic heterocycles. The molecule has 0 saturated heterocycles. The first-order valence-electron chi connectivity index (χ1n) is 5.29. The second-order valence-corrected chi connectivity index (χ2v) is 3.49. The molecule has 0 saturated carbocycles. The molecule has 2 aromatic rings. The van der Waals surface area contributed by atoms with E-state index in [4.69, 9.17) is 6.42 Å². The molecule has 0 atom stereocenters. The lowest BCUT2D eigenvalue weighted by Crippen LogP contribution is -2.04. The Kier molecular flexibility index (Phi) is 3.35. The Morgan fingerprint density at radius 3 is 3.06 bits per heavy atom. The number of fused-ring (bicyclic) bond motifs is 1. The van der Waals surface area contributed by atoms with E-state index < -0.39 is 0 Å². The molecule has 80 valence electrons. The van der Waals surface area contributed by atoms with E-state index in [-0.39, 0.29) is 0 Å². The summed E-state index contributed by atoms with van der Waals surface area (Å²) >= 11 is 0. The number of nitrogens with zero attached hydrogens (tertiary/aromatic N) is 2. The lowest BCUT2D eigenvalue weighted by molar-refractivity contribution is 0.894. The third kappa shape index (κ3) is 2.48. The fourth-order valence-corrected chi connectivity index (χ4v) is 1.45. The quantitative estimate of drug-likeness (QED) is 0.623. The standard InChI is InChI=1S/C13H13N3/c1-2-3-6-9-14-13-15-10-11-7-4-5-8-12(11)16-13/h1,4-5,7-8,10H,3,6,9H2,(H,14,15,16). The molecule has 1 heterocycles. The number of benzene rings is 1. The molecule has 0 unspecified atom stereocenters. The van der Waals surface area contributed by atoms with E-state index in [1.165, 1.54) is 0 Å². The van der Waals surface area contributed by atoms with Gasteiger partial charge in [-0.2, -0.15) is 0 Å². The van der Waals surface area contributed by atoms with Crippen LogP contribution in [0.15, 0.2) is 30.5 Å². The Hall–Kier alpha value is -2.08. The summed E-state index contributed by atoms with van der Waals surface area (Å²) in [5.74, 6) is 3.27. The van der Waals surface area contributed by atoms with Crippen molar-refractivity contribution in [1.82, 2.24) is 9.97 Å². The first kappa shape index (κ1) is 10.4. The Morgan fingerprint density at radius 1 is 1.31 bits per heavy atom. The van der Waals surface area contributed by atoms with Gasteiger partial charge in [-0.05, 0) is 12.5 Å². The summed E-state index contributed by atoms with van der Waals surface area (Å²) in [5.41, 5.74) is 0.956. The maximum Gasteiger partial charge on any atom is 0.223 e. The van der Waals surface area contributed by atoms with Crippen LogP contribution >= 0.6 is 0 Å². The highest BCUT2D eigenvalue weighted by molar-refractivity contribution is 5.78. The van der Waals surface area contributed by atoms with Crippen molar-refractivity contribution >= 4 is 16.9 Å². The van der Waals surface area contributed by atoms with Gasteiger partial charge in [0.2, 0.25) is 5.95 Å². The normalized spacial score (nSPS) is 9.94. The van der Waals surface area contributed by atoms with Gasteiger partial charge in [0.25, 0.3) is 0 Å². The van der Waals surface area contributed by atoms with E-state index >= 15 is 0 Å². The van der Waals surface area contributed by atoms with Crippen LogP contribution in [-0.4, -0.2) is 16.5 Å². The lowest BCUT2D eigenvalue weighted by atomic mass is 10.2. The third-order valence-electron chi connectivity index (χ3n) is 2.27. The minimum Gasteiger partial charge on any atom is -0.354 e. The average Bonchev–Trinajstić information content (AvgIpc) is 2.34.